The molecule has 25 heavy (non-hydrogen) atoms. The Kier molecular flexibility index (Phi) is 5.27. The molecular weight excluding hydrogens is 300 g/mol. The number of hydrogen-bond donors (Lipinski definition) is 0. The molecule has 2 aromatic rings. The van der Waals surface area contributed by atoms with Gasteiger partial charge in [0.1, 0.15) is 0 Å². The van der Waals surface area contributed by atoms with Crippen LogP contribution in [-0.2, 0) is 12.8 Å². The fourth-order valence-corrected chi connectivity index (χ4v) is 4.31. The van der Waals surface area contributed by atoms with E-state index in [1.165, 1.54) is 45.4 Å². The average molecular weight is 331 g/mol. The zero-order valence-corrected chi connectivity index (χ0v) is 15.9. The van der Waals surface area contributed by atoms with Crippen LogP contribution >= 0.6 is 0 Å². The summed E-state index contributed by atoms with van der Waals surface area (Å²) in [5.41, 5.74) is 9.77. The minimum atomic E-state index is 0.359. The molecule has 0 amide bonds. The minimum absolute atomic E-state index is 0.359. The number of hydrogen-bond acceptors (Lipinski definition) is 0. The van der Waals surface area contributed by atoms with Crippen LogP contribution in [0.3, 0.4) is 0 Å². The molecule has 1 unspecified atom stereocenters. The van der Waals surface area contributed by atoms with Crippen molar-refractivity contribution in [1.82, 2.24) is 0 Å². The van der Waals surface area contributed by atoms with Crippen molar-refractivity contribution in [2.24, 2.45) is 5.92 Å². The monoisotopic (exact) mass is 330 g/mol. The third kappa shape index (κ3) is 3.63. The number of rotatable bonds is 5. The second kappa shape index (κ2) is 7.44. The van der Waals surface area contributed by atoms with E-state index < -0.39 is 0 Å². The largest absolute Gasteiger partial charge is 0.0989 e. The van der Waals surface area contributed by atoms with Gasteiger partial charge in [-0.2, -0.15) is 0 Å². The summed E-state index contributed by atoms with van der Waals surface area (Å²) in [6, 6.07) is 15.7. The smallest absolute Gasteiger partial charge is 0.0255 e. The van der Waals surface area contributed by atoms with Crippen LogP contribution in [0.4, 0.5) is 0 Å². The van der Waals surface area contributed by atoms with E-state index in [9.17, 15) is 0 Å². The molecular formula is C25H30. The van der Waals surface area contributed by atoms with Gasteiger partial charge in [-0.15, -0.1) is 0 Å². The predicted molar refractivity (Wildman–Crippen MR) is 109 cm³/mol. The maximum Gasteiger partial charge on any atom is 0.0255 e. The van der Waals surface area contributed by atoms with Crippen molar-refractivity contribution in [3.05, 3.63) is 94.6 Å². The number of benzene rings is 2. The van der Waals surface area contributed by atoms with Gasteiger partial charge in [0.05, 0.1) is 0 Å². The molecule has 0 N–H and O–H groups in total. The van der Waals surface area contributed by atoms with Gasteiger partial charge < -0.3 is 0 Å². The molecule has 1 fully saturated rings. The van der Waals surface area contributed by atoms with E-state index >= 15 is 0 Å². The first-order valence-corrected chi connectivity index (χ1v) is 9.51. The Morgan fingerprint density at radius 3 is 2.12 bits per heavy atom. The van der Waals surface area contributed by atoms with Gasteiger partial charge in [0, 0.05) is 5.92 Å². The molecule has 2 aromatic carbocycles. The molecule has 1 aliphatic carbocycles. The minimum Gasteiger partial charge on any atom is -0.0989 e. The highest BCUT2D eigenvalue weighted by Crippen LogP contribution is 2.46. The highest BCUT2D eigenvalue weighted by atomic mass is 14.4. The van der Waals surface area contributed by atoms with Crippen LogP contribution in [0.2, 0.25) is 0 Å². The van der Waals surface area contributed by atoms with Crippen LogP contribution in [0.1, 0.15) is 53.5 Å². The zero-order valence-electron chi connectivity index (χ0n) is 15.9. The quantitative estimate of drug-likeness (QED) is 0.534. The lowest BCUT2D eigenvalue weighted by atomic mass is 9.88. The van der Waals surface area contributed by atoms with E-state index in [-0.39, 0.29) is 0 Å². The van der Waals surface area contributed by atoms with Crippen molar-refractivity contribution >= 4 is 0 Å². The SMILES string of the molecule is C=C1C[C@H](CC)C(=C)C1c1ccc(CCc2c(C)cccc2C)cc1. The lowest BCUT2D eigenvalue weighted by molar-refractivity contribution is 0.631. The second-order valence-corrected chi connectivity index (χ2v) is 7.59. The van der Waals surface area contributed by atoms with Crippen molar-refractivity contribution in [3.63, 3.8) is 0 Å². The van der Waals surface area contributed by atoms with Gasteiger partial charge in [-0.1, -0.05) is 73.7 Å². The van der Waals surface area contributed by atoms with E-state index in [0.717, 1.165) is 19.3 Å². The van der Waals surface area contributed by atoms with Gasteiger partial charge in [0.25, 0.3) is 0 Å². The summed E-state index contributed by atoms with van der Waals surface area (Å²) in [4.78, 5) is 0. The lowest BCUT2D eigenvalue weighted by Crippen LogP contribution is -2.01. The fraction of sp³-hybridized carbons (Fsp3) is 0.360. The first-order valence-electron chi connectivity index (χ1n) is 9.51. The van der Waals surface area contributed by atoms with Crippen molar-refractivity contribution < 1.29 is 0 Å². The Morgan fingerprint density at radius 2 is 1.56 bits per heavy atom. The molecule has 1 saturated carbocycles. The molecule has 0 aliphatic heterocycles. The molecule has 0 heteroatoms. The topological polar surface area (TPSA) is 0 Å². The first-order chi connectivity index (χ1) is 12.0. The van der Waals surface area contributed by atoms with Gasteiger partial charge in [-0.3, -0.25) is 0 Å². The van der Waals surface area contributed by atoms with Crippen LogP contribution in [0.25, 0.3) is 0 Å². The van der Waals surface area contributed by atoms with Crippen LogP contribution in [0, 0.1) is 19.8 Å². The normalized spacial score (nSPS) is 20.3. The highest BCUT2D eigenvalue weighted by Gasteiger charge is 2.31. The highest BCUT2D eigenvalue weighted by molar-refractivity contribution is 5.43. The van der Waals surface area contributed by atoms with Gasteiger partial charge in [0.15, 0.2) is 0 Å². The molecule has 0 bridgehead atoms. The van der Waals surface area contributed by atoms with Crippen molar-refractivity contribution in [2.45, 2.75) is 52.4 Å². The molecule has 0 nitrogen and oxygen atoms in total. The van der Waals surface area contributed by atoms with E-state index in [1.807, 2.05) is 0 Å². The molecule has 0 spiro atoms. The van der Waals surface area contributed by atoms with Gasteiger partial charge in [0.2, 0.25) is 0 Å². The average Bonchev–Trinajstić information content (AvgIpc) is 2.89. The molecule has 0 heterocycles. The van der Waals surface area contributed by atoms with Crippen LogP contribution < -0.4 is 0 Å². The van der Waals surface area contributed by atoms with Gasteiger partial charge >= 0.3 is 0 Å². The summed E-state index contributed by atoms with van der Waals surface area (Å²) in [5, 5.41) is 0. The van der Waals surface area contributed by atoms with E-state index in [1.54, 1.807) is 0 Å². The molecule has 0 saturated heterocycles. The molecule has 3 rings (SSSR count). The molecule has 1 aliphatic rings. The van der Waals surface area contributed by atoms with Crippen LogP contribution in [-0.4, -0.2) is 0 Å². The van der Waals surface area contributed by atoms with E-state index in [2.05, 4.69) is 76.4 Å². The Labute approximate surface area is 153 Å². The first kappa shape index (κ1) is 17.7. The van der Waals surface area contributed by atoms with Crippen molar-refractivity contribution in [3.8, 4) is 0 Å². The summed E-state index contributed by atoms with van der Waals surface area (Å²) in [6.45, 7) is 15.4. The zero-order chi connectivity index (χ0) is 18.0. The third-order valence-corrected chi connectivity index (χ3v) is 5.93. The Bertz CT molecular complexity index is 756. The van der Waals surface area contributed by atoms with E-state index in [4.69, 9.17) is 0 Å². The Hall–Kier alpha value is -2.08. The molecule has 130 valence electrons. The lowest BCUT2D eigenvalue weighted by Gasteiger charge is -2.16. The molecule has 2 atom stereocenters. The number of aryl methyl sites for hydroxylation is 3. The van der Waals surface area contributed by atoms with Crippen molar-refractivity contribution in [1.29, 1.82) is 0 Å². The summed E-state index contributed by atoms with van der Waals surface area (Å²) in [5.74, 6) is 0.971. The maximum absolute atomic E-state index is 4.37. The van der Waals surface area contributed by atoms with Crippen molar-refractivity contribution in [2.75, 3.05) is 0 Å². The Balaban J connectivity index is 1.71. The summed E-state index contributed by atoms with van der Waals surface area (Å²) in [7, 11) is 0. The van der Waals surface area contributed by atoms with E-state index in [0.29, 0.717) is 11.8 Å². The standard InChI is InChI=1S/C25H30/c1-6-22-16-19(4)25(20(22)5)23-13-10-21(11-14-23)12-15-24-17(2)8-7-9-18(24)3/h7-11,13-14,22,25H,4-6,12,15-16H2,1-3H3/t22-,25?/m0/s1. The fourth-order valence-electron chi connectivity index (χ4n) is 4.31. The molecule has 0 radical (unpaired) electrons. The summed E-state index contributed by atoms with van der Waals surface area (Å²) >= 11 is 0. The summed E-state index contributed by atoms with van der Waals surface area (Å²) < 4.78 is 0. The number of allylic oxidation sites excluding steroid dienone is 2. The maximum atomic E-state index is 4.37. The second-order valence-electron chi connectivity index (χ2n) is 7.59. The summed E-state index contributed by atoms with van der Waals surface area (Å²) in [6.07, 6.45) is 4.48. The van der Waals surface area contributed by atoms with Crippen LogP contribution in [0.15, 0.2) is 66.8 Å². The molecule has 0 aromatic heterocycles. The van der Waals surface area contributed by atoms with Crippen LogP contribution in [0.5, 0.6) is 0 Å². The Morgan fingerprint density at radius 1 is 0.920 bits per heavy atom. The predicted octanol–water partition coefficient (Wildman–Crippen LogP) is 6.71. The van der Waals surface area contributed by atoms with Gasteiger partial charge in [-0.25, -0.2) is 0 Å². The van der Waals surface area contributed by atoms with Gasteiger partial charge in [-0.05, 0) is 73.3 Å². The third-order valence-electron chi connectivity index (χ3n) is 5.93.